The summed E-state index contributed by atoms with van der Waals surface area (Å²) in [5.74, 6) is -4.03. The second kappa shape index (κ2) is 11.6. The molecule has 1 saturated carbocycles. The number of fused-ring (bicyclic) bond motifs is 5. The molecule has 6 nitrogen and oxygen atoms in total. The molecule has 6 heteroatoms. The van der Waals surface area contributed by atoms with Gasteiger partial charge in [0, 0.05) is 0 Å². The minimum Gasteiger partial charge on any atom is -0.462 e. The number of para-hydroxylation sites is 1. The smallest absolute Gasteiger partial charge is 0.340 e. The van der Waals surface area contributed by atoms with Crippen LogP contribution in [0.4, 0.5) is 5.69 Å². The summed E-state index contributed by atoms with van der Waals surface area (Å²) in [6, 6.07) is 41.5. The second-order valence-electron chi connectivity index (χ2n) is 13.4. The number of benzene rings is 5. The van der Waals surface area contributed by atoms with E-state index in [2.05, 4.69) is 0 Å². The van der Waals surface area contributed by atoms with Crippen molar-refractivity contribution in [1.82, 2.24) is 0 Å². The number of allylic oxidation sites excluding steroid dienone is 2. The molecule has 246 valence electrons. The molecule has 2 amide bonds. The third kappa shape index (κ3) is 4.08. The summed E-state index contributed by atoms with van der Waals surface area (Å²) < 4.78 is 5.36. The number of amides is 2. The van der Waals surface area contributed by atoms with Crippen LogP contribution in [-0.4, -0.2) is 30.2 Å². The van der Waals surface area contributed by atoms with Crippen LogP contribution in [-0.2, 0) is 30.0 Å². The Bertz CT molecular complexity index is 2100. The molecule has 0 unspecified atom stereocenters. The number of imide groups is 1. The molecule has 0 radical (unpaired) electrons. The number of ether oxygens (including phenoxy) is 1. The number of aryl methyl sites for hydroxylation is 2. The molecular weight excluding hydrogens is 622 g/mol. The van der Waals surface area contributed by atoms with Crippen molar-refractivity contribution in [2.24, 2.45) is 11.8 Å². The minimum absolute atomic E-state index is 0.114. The summed E-state index contributed by atoms with van der Waals surface area (Å²) in [5, 5.41) is 0. The monoisotopic (exact) mass is 657 g/mol. The molecule has 3 aliphatic rings. The Morgan fingerprint density at radius 3 is 1.46 bits per heavy atom. The van der Waals surface area contributed by atoms with E-state index in [0.29, 0.717) is 11.1 Å². The molecule has 1 saturated heterocycles. The van der Waals surface area contributed by atoms with Gasteiger partial charge in [-0.15, -0.1) is 0 Å². The lowest BCUT2D eigenvalue weighted by Gasteiger charge is -2.39. The van der Waals surface area contributed by atoms with Crippen molar-refractivity contribution in [1.29, 1.82) is 0 Å². The first kappa shape index (κ1) is 31.4. The normalized spacial score (nSPS) is 23.8. The van der Waals surface area contributed by atoms with Crippen LogP contribution in [0.25, 0.3) is 11.1 Å². The highest BCUT2D eigenvalue weighted by Gasteiger charge is 2.82. The van der Waals surface area contributed by atoms with Crippen molar-refractivity contribution in [2.75, 3.05) is 11.5 Å². The number of esters is 1. The SMILES string of the molecule is CCOC(=O)c1ccccc1N1C(=O)[C@H]2[C@H](C1=O)[C@@]1(c3ccccc3)C(=O)[C@@]2(c2ccccc2)C(c2ccc(C)cc2)=C1c1ccc(C)cc1. The average Bonchev–Trinajstić information content (AvgIpc) is 3.65. The average molecular weight is 658 g/mol. The van der Waals surface area contributed by atoms with Gasteiger partial charge < -0.3 is 4.74 Å². The quantitative estimate of drug-likeness (QED) is 0.133. The van der Waals surface area contributed by atoms with E-state index in [1.807, 2.05) is 123 Å². The zero-order valence-electron chi connectivity index (χ0n) is 28.1. The summed E-state index contributed by atoms with van der Waals surface area (Å²) in [5.41, 5.74) is 3.69. The maximum Gasteiger partial charge on any atom is 0.340 e. The number of ketones is 1. The van der Waals surface area contributed by atoms with Crippen molar-refractivity contribution >= 4 is 40.4 Å². The molecule has 1 heterocycles. The van der Waals surface area contributed by atoms with E-state index in [-0.39, 0.29) is 23.6 Å². The van der Waals surface area contributed by atoms with E-state index >= 15 is 14.4 Å². The first-order chi connectivity index (χ1) is 24.3. The van der Waals surface area contributed by atoms with E-state index in [0.717, 1.165) is 38.3 Å². The number of nitrogens with zero attached hydrogens (tertiary/aromatic N) is 1. The van der Waals surface area contributed by atoms with E-state index in [4.69, 9.17) is 4.74 Å². The number of Topliss-reactive ketones (excluding diaryl/α,β-unsaturated/α-hetero) is 1. The number of hydrogen-bond donors (Lipinski definition) is 0. The predicted octanol–water partition coefficient (Wildman–Crippen LogP) is 7.67. The zero-order valence-corrected chi connectivity index (χ0v) is 28.1. The van der Waals surface area contributed by atoms with E-state index in [1.165, 1.54) is 0 Å². The summed E-state index contributed by atoms with van der Waals surface area (Å²) in [6.07, 6.45) is 0. The molecule has 0 aromatic heterocycles. The zero-order chi connectivity index (χ0) is 34.8. The van der Waals surface area contributed by atoms with Crippen molar-refractivity contribution in [2.45, 2.75) is 31.6 Å². The van der Waals surface area contributed by atoms with Gasteiger partial charge >= 0.3 is 5.97 Å². The lowest BCUT2D eigenvalue weighted by atomic mass is 9.59. The fraction of sp³-hybridized carbons (Fsp3) is 0.182. The van der Waals surface area contributed by atoms with Gasteiger partial charge in [-0.05, 0) is 66.3 Å². The molecule has 2 fully saturated rings. The van der Waals surface area contributed by atoms with E-state index < -0.39 is 40.4 Å². The van der Waals surface area contributed by atoms with E-state index in [9.17, 15) is 4.79 Å². The van der Waals surface area contributed by atoms with Crippen LogP contribution in [0.15, 0.2) is 133 Å². The van der Waals surface area contributed by atoms with Crippen molar-refractivity contribution in [3.63, 3.8) is 0 Å². The van der Waals surface area contributed by atoms with Crippen LogP contribution < -0.4 is 4.90 Å². The Morgan fingerprint density at radius 2 is 1.02 bits per heavy atom. The minimum atomic E-state index is -1.53. The van der Waals surface area contributed by atoms with Crippen molar-refractivity contribution in [3.05, 3.63) is 172 Å². The summed E-state index contributed by atoms with van der Waals surface area (Å²) in [6.45, 7) is 5.86. The molecule has 5 aromatic carbocycles. The van der Waals surface area contributed by atoms with Gasteiger partial charge in [-0.3, -0.25) is 14.4 Å². The molecule has 5 aromatic rings. The number of carbonyl (C=O) groups is 4. The Hall–Kier alpha value is -5.88. The molecule has 0 N–H and O–H groups in total. The molecule has 8 rings (SSSR count). The van der Waals surface area contributed by atoms with Gasteiger partial charge in [0.15, 0.2) is 5.78 Å². The molecule has 50 heavy (non-hydrogen) atoms. The van der Waals surface area contributed by atoms with Crippen LogP contribution in [0.3, 0.4) is 0 Å². The summed E-state index contributed by atoms with van der Waals surface area (Å²) in [7, 11) is 0. The van der Waals surface area contributed by atoms with Crippen LogP contribution in [0.5, 0.6) is 0 Å². The van der Waals surface area contributed by atoms with Crippen LogP contribution >= 0.6 is 0 Å². The lowest BCUT2D eigenvalue weighted by molar-refractivity contribution is -0.130. The van der Waals surface area contributed by atoms with Gasteiger partial charge in [-0.25, -0.2) is 9.69 Å². The van der Waals surface area contributed by atoms with Crippen molar-refractivity contribution < 1.29 is 23.9 Å². The van der Waals surface area contributed by atoms with Gasteiger partial charge in [0.1, 0.15) is 0 Å². The van der Waals surface area contributed by atoms with Gasteiger partial charge in [-0.1, -0.05) is 132 Å². The first-order valence-electron chi connectivity index (χ1n) is 17.0. The Labute approximate surface area is 291 Å². The van der Waals surface area contributed by atoms with Crippen LogP contribution in [0.2, 0.25) is 0 Å². The maximum atomic E-state index is 16.1. The fourth-order valence-corrected chi connectivity index (χ4v) is 8.85. The van der Waals surface area contributed by atoms with Gasteiger partial charge in [-0.2, -0.15) is 0 Å². The molecule has 2 aliphatic carbocycles. The molecule has 1 aliphatic heterocycles. The predicted molar refractivity (Wildman–Crippen MR) is 192 cm³/mol. The largest absolute Gasteiger partial charge is 0.462 e. The maximum absolute atomic E-state index is 16.1. The van der Waals surface area contributed by atoms with Gasteiger partial charge in [0.25, 0.3) is 0 Å². The molecule has 0 spiro atoms. The number of rotatable bonds is 7. The Morgan fingerprint density at radius 1 is 0.600 bits per heavy atom. The third-order valence-electron chi connectivity index (χ3n) is 10.8. The Kier molecular flexibility index (Phi) is 7.30. The first-order valence-corrected chi connectivity index (χ1v) is 17.0. The van der Waals surface area contributed by atoms with E-state index in [1.54, 1.807) is 31.2 Å². The lowest BCUT2D eigenvalue weighted by Crippen LogP contribution is -2.46. The highest BCUT2D eigenvalue weighted by atomic mass is 16.5. The summed E-state index contributed by atoms with van der Waals surface area (Å²) in [4.78, 5) is 61.1. The van der Waals surface area contributed by atoms with Crippen LogP contribution in [0, 0.1) is 25.7 Å². The number of carbonyl (C=O) groups excluding carboxylic acids is 4. The molecule has 4 atom stereocenters. The van der Waals surface area contributed by atoms with Crippen molar-refractivity contribution in [3.8, 4) is 0 Å². The van der Waals surface area contributed by atoms with Gasteiger partial charge in [0.05, 0.1) is 40.5 Å². The van der Waals surface area contributed by atoms with Crippen LogP contribution in [0.1, 0.15) is 50.7 Å². The number of hydrogen-bond acceptors (Lipinski definition) is 5. The molecular formula is C44H35NO5. The molecule has 2 bridgehead atoms. The summed E-state index contributed by atoms with van der Waals surface area (Å²) >= 11 is 0. The third-order valence-corrected chi connectivity index (χ3v) is 10.8. The second-order valence-corrected chi connectivity index (χ2v) is 13.4. The Balaban J connectivity index is 1.52. The topological polar surface area (TPSA) is 80.8 Å². The highest BCUT2D eigenvalue weighted by molar-refractivity contribution is 6.39. The van der Waals surface area contributed by atoms with Gasteiger partial charge in [0.2, 0.25) is 11.8 Å². The standard InChI is InChI=1S/C44H35NO5/c1-4-50-41(48)33-17-11-12-18-34(33)45-39(46)37-38(40(45)47)44(32-15-9-6-10-16-32)36(30-25-21-28(3)22-26-30)35(29-23-19-27(2)20-24-29)43(37,42(44)49)31-13-7-5-8-14-31/h5-26,37-38H,4H2,1-3H3/t37-,38-,43+,44+/m1/s1. The fourth-order valence-electron chi connectivity index (χ4n) is 8.85. The highest BCUT2D eigenvalue weighted by Crippen LogP contribution is 2.74. The number of anilines is 1.